The van der Waals surface area contributed by atoms with E-state index in [1.165, 1.54) is 6.08 Å². The summed E-state index contributed by atoms with van der Waals surface area (Å²) in [5.41, 5.74) is 1.04. The summed E-state index contributed by atoms with van der Waals surface area (Å²) in [6, 6.07) is 9.71. The van der Waals surface area contributed by atoms with E-state index >= 15 is 0 Å². The molecule has 54 valence electrons. The molecule has 0 atom stereocenters. The van der Waals surface area contributed by atoms with Gasteiger partial charge in [-0.05, 0) is 23.8 Å². The summed E-state index contributed by atoms with van der Waals surface area (Å²) in [6.07, 6.45) is 3.23. The number of hydrogen-bond acceptors (Lipinski definition) is 1. The van der Waals surface area contributed by atoms with E-state index in [4.69, 9.17) is 5.26 Å². The number of rotatable bonds is 1. The lowest BCUT2D eigenvalue weighted by Crippen LogP contribution is -1.69. The van der Waals surface area contributed by atoms with E-state index in [9.17, 15) is 0 Å². The Kier molecular flexibility index (Phi) is 2.88. The number of allylic oxidation sites excluding steroid dienone is 1. The first-order valence-corrected chi connectivity index (χ1v) is 3.94. The van der Waals surface area contributed by atoms with Crippen molar-refractivity contribution in [2.45, 2.75) is 0 Å². The van der Waals surface area contributed by atoms with Gasteiger partial charge in [-0.1, -0.05) is 28.1 Å². The van der Waals surface area contributed by atoms with Crippen LogP contribution in [0, 0.1) is 11.3 Å². The lowest BCUT2D eigenvalue weighted by Gasteiger charge is -1.90. The van der Waals surface area contributed by atoms with Crippen molar-refractivity contribution in [1.29, 1.82) is 5.26 Å². The second-order valence-electron chi connectivity index (χ2n) is 2.01. The molecule has 0 N–H and O–H groups in total. The van der Waals surface area contributed by atoms with Crippen LogP contribution in [0.2, 0.25) is 0 Å². The molecule has 0 aliphatic rings. The smallest absolute Gasteiger partial charge is 0.0912 e. The van der Waals surface area contributed by atoms with Crippen molar-refractivity contribution in [2.24, 2.45) is 0 Å². The molecule has 0 spiro atoms. The van der Waals surface area contributed by atoms with Gasteiger partial charge in [0.15, 0.2) is 0 Å². The molecule has 1 aromatic rings. The van der Waals surface area contributed by atoms with Gasteiger partial charge in [-0.25, -0.2) is 0 Å². The molecule has 0 aliphatic carbocycles. The topological polar surface area (TPSA) is 23.8 Å². The first kappa shape index (κ1) is 8.03. The standard InChI is InChI=1S/C9H6BrN/c10-9-5-3-8(4-6-9)2-1-7-11/h1-6H/b2-1-. The van der Waals surface area contributed by atoms with Crippen LogP contribution >= 0.6 is 15.9 Å². The quantitative estimate of drug-likeness (QED) is 0.650. The van der Waals surface area contributed by atoms with Gasteiger partial charge in [0.05, 0.1) is 6.07 Å². The fraction of sp³-hybridized carbons (Fsp3) is 0. The average molecular weight is 208 g/mol. The molecular weight excluding hydrogens is 202 g/mol. The van der Waals surface area contributed by atoms with Crippen LogP contribution in [0.3, 0.4) is 0 Å². The van der Waals surface area contributed by atoms with Crippen LogP contribution in [0.1, 0.15) is 5.56 Å². The molecule has 0 amide bonds. The minimum Gasteiger partial charge on any atom is -0.193 e. The zero-order chi connectivity index (χ0) is 8.10. The largest absolute Gasteiger partial charge is 0.193 e. The molecule has 0 bridgehead atoms. The van der Waals surface area contributed by atoms with Gasteiger partial charge in [0.1, 0.15) is 0 Å². The number of hydrogen-bond donors (Lipinski definition) is 0. The van der Waals surface area contributed by atoms with Crippen LogP contribution in [0.4, 0.5) is 0 Å². The van der Waals surface area contributed by atoms with Crippen molar-refractivity contribution in [3.8, 4) is 6.07 Å². The molecule has 0 unspecified atom stereocenters. The Bertz CT molecular complexity index is 292. The van der Waals surface area contributed by atoms with Crippen molar-refractivity contribution in [3.63, 3.8) is 0 Å². The van der Waals surface area contributed by atoms with E-state index in [1.807, 2.05) is 30.3 Å². The monoisotopic (exact) mass is 207 g/mol. The molecule has 0 fully saturated rings. The highest BCUT2D eigenvalue weighted by Gasteiger charge is 1.85. The van der Waals surface area contributed by atoms with E-state index in [1.54, 1.807) is 6.08 Å². The van der Waals surface area contributed by atoms with Crippen LogP contribution in [-0.4, -0.2) is 0 Å². The van der Waals surface area contributed by atoms with Gasteiger partial charge in [0.2, 0.25) is 0 Å². The zero-order valence-corrected chi connectivity index (χ0v) is 7.38. The Morgan fingerprint density at radius 1 is 1.27 bits per heavy atom. The molecule has 0 saturated carbocycles. The highest BCUT2D eigenvalue weighted by molar-refractivity contribution is 9.10. The Morgan fingerprint density at radius 3 is 2.45 bits per heavy atom. The molecule has 0 aliphatic heterocycles. The van der Waals surface area contributed by atoms with Crippen LogP contribution in [-0.2, 0) is 0 Å². The number of nitrogens with zero attached hydrogens (tertiary/aromatic N) is 1. The fourth-order valence-electron chi connectivity index (χ4n) is 0.707. The minimum absolute atomic E-state index is 1.04. The Hall–Kier alpha value is -1.07. The van der Waals surface area contributed by atoms with Crippen LogP contribution in [0.25, 0.3) is 6.08 Å². The van der Waals surface area contributed by atoms with Gasteiger partial charge >= 0.3 is 0 Å². The summed E-state index contributed by atoms with van der Waals surface area (Å²) in [5, 5.41) is 8.24. The highest BCUT2D eigenvalue weighted by Crippen LogP contribution is 2.11. The second kappa shape index (κ2) is 3.95. The predicted octanol–water partition coefficient (Wildman–Crippen LogP) is 2.99. The first-order valence-electron chi connectivity index (χ1n) is 3.14. The lowest BCUT2D eigenvalue weighted by atomic mass is 10.2. The first-order chi connectivity index (χ1) is 5.33. The number of nitriles is 1. The van der Waals surface area contributed by atoms with Gasteiger partial charge in [-0.3, -0.25) is 0 Å². The Balaban J connectivity index is 2.84. The summed E-state index contributed by atoms with van der Waals surface area (Å²) < 4.78 is 1.05. The van der Waals surface area contributed by atoms with Gasteiger partial charge in [-0.2, -0.15) is 5.26 Å². The molecule has 0 heterocycles. The van der Waals surface area contributed by atoms with Crippen molar-refractivity contribution < 1.29 is 0 Å². The fourth-order valence-corrected chi connectivity index (χ4v) is 0.972. The summed E-state index contributed by atoms with van der Waals surface area (Å²) in [6.45, 7) is 0. The maximum atomic E-state index is 8.24. The third-order valence-electron chi connectivity index (χ3n) is 1.22. The molecule has 11 heavy (non-hydrogen) atoms. The third-order valence-corrected chi connectivity index (χ3v) is 1.75. The number of halogens is 1. The summed E-state index contributed by atoms with van der Waals surface area (Å²) in [5.74, 6) is 0. The molecule has 0 saturated heterocycles. The van der Waals surface area contributed by atoms with E-state index < -0.39 is 0 Å². The molecule has 0 radical (unpaired) electrons. The Morgan fingerprint density at radius 2 is 1.91 bits per heavy atom. The zero-order valence-electron chi connectivity index (χ0n) is 5.79. The average Bonchev–Trinajstić information content (AvgIpc) is 2.04. The maximum absolute atomic E-state index is 8.24. The van der Waals surface area contributed by atoms with Gasteiger partial charge < -0.3 is 0 Å². The molecular formula is C9H6BrN. The van der Waals surface area contributed by atoms with Crippen LogP contribution in [0.5, 0.6) is 0 Å². The molecule has 1 nitrogen and oxygen atoms in total. The Labute approximate surface area is 74.1 Å². The number of benzene rings is 1. The SMILES string of the molecule is N#C/C=C\c1ccc(Br)cc1. The van der Waals surface area contributed by atoms with Gasteiger partial charge in [0.25, 0.3) is 0 Å². The molecule has 0 aromatic heterocycles. The van der Waals surface area contributed by atoms with Crippen molar-refractivity contribution in [3.05, 3.63) is 40.4 Å². The highest BCUT2D eigenvalue weighted by atomic mass is 79.9. The minimum atomic E-state index is 1.04. The van der Waals surface area contributed by atoms with E-state index in [2.05, 4.69) is 15.9 Å². The van der Waals surface area contributed by atoms with Crippen molar-refractivity contribution >= 4 is 22.0 Å². The lowest BCUT2D eigenvalue weighted by molar-refractivity contribution is 1.53. The van der Waals surface area contributed by atoms with Crippen molar-refractivity contribution in [2.75, 3.05) is 0 Å². The van der Waals surface area contributed by atoms with Gasteiger partial charge in [-0.15, -0.1) is 0 Å². The van der Waals surface area contributed by atoms with Crippen molar-refractivity contribution in [1.82, 2.24) is 0 Å². The van der Waals surface area contributed by atoms with Crippen LogP contribution < -0.4 is 0 Å². The summed E-state index contributed by atoms with van der Waals surface area (Å²) in [4.78, 5) is 0. The maximum Gasteiger partial charge on any atom is 0.0912 e. The van der Waals surface area contributed by atoms with E-state index in [0.29, 0.717) is 0 Å². The molecule has 1 rings (SSSR count). The second-order valence-corrected chi connectivity index (χ2v) is 2.93. The van der Waals surface area contributed by atoms with Crippen LogP contribution in [0.15, 0.2) is 34.8 Å². The molecule has 2 heteroatoms. The van der Waals surface area contributed by atoms with Gasteiger partial charge in [0, 0.05) is 10.5 Å². The normalized spacial score (nSPS) is 9.82. The van der Waals surface area contributed by atoms with E-state index in [-0.39, 0.29) is 0 Å². The molecule has 1 aromatic carbocycles. The van der Waals surface area contributed by atoms with E-state index in [0.717, 1.165) is 10.0 Å². The summed E-state index contributed by atoms with van der Waals surface area (Å²) in [7, 11) is 0. The third kappa shape index (κ3) is 2.57. The summed E-state index contributed by atoms with van der Waals surface area (Å²) >= 11 is 3.32. The predicted molar refractivity (Wildman–Crippen MR) is 48.8 cm³/mol.